The van der Waals surface area contributed by atoms with Crippen LogP contribution in [0.4, 0.5) is 11.8 Å². The number of aromatic nitrogens is 3. The average molecular weight is 321 g/mol. The summed E-state index contributed by atoms with van der Waals surface area (Å²) in [4.78, 5) is 16.0. The number of nitrogens with one attached hydrogen (secondary N) is 2. The maximum absolute atomic E-state index is 10.2. The van der Waals surface area contributed by atoms with E-state index in [0.717, 1.165) is 23.0 Å². The highest BCUT2D eigenvalue weighted by atomic mass is 16.3. The molecule has 0 saturated heterocycles. The van der Waals surface area contributed by atoms with Gasteiger partial charge < -0.3 is 15.4 Å². The molecule has 2 aliphatic carbocycles. The summed E-state index contributed by atoms with van der Waals surface area (Å²) in [7, 11) is 0. The Morgan fingerprint density at radius 2 is 2.25 bits per heavy atom. The molecule has 2 saturated carbocycles. The van der Waals surface area contributed by atoms with Crippen LogP contribution in [0.15, 0.2) is 23.3 Å². The van der Waals surface area contributed by atoms with Crippen molar-refractivity contribution in [2.75, 3.05) is 5.32 Å². The van der Waals surface area contributed by atoms with Crippen molar-refractivity contribution in [1.29, 1.82) is 0 Å². The zero-order valence-corrected chi connectivity index (χ0v) is 13.2. The normalized spacial score (nSPS) is 28.7. The first kappa shape index (κ1) is 13.8. The number of hydrogen-bond donors (Lipinski definition) is 3. The lowest BCUT2D eigenvalue weighted by molar-refractivity contribution is 0.436. The van der Waals surface area contributed by atoms with Crippen LogP contribution in [0.2, 0.25) is 0 Å². The minimum absolute atomic E-state index is 0.0129. The van der Waals surface area contributed by atoms with Crippen molar-refractivity contribution in [1.82, 2.24) is 15.0 Å². The highest BCUT2D eigenvalue weighted by Crippen LogP contribution is 2.45. The number of allylic oxidation sites excluding steroid dienone is 1. The molecule has 0 amide bonds. The van der Waals surface area contributed by atoms with Crippen LogP contribution in [-0.2, 0) is 0 Å². The van der Waals surface area contributed by atoms with Gasteiger partial charge in [-0.3, -0.25) is 0 Å². The van der Waals surface area contributed by atoms with Crippen LogP contribution < -0.4 is 5.32 Å². The molecule has 24 heavy (non-hydrogen) atoms. The Labute approximate surface area is 139 Å². The summed E-state index contributed by atoms with van der Waals surface area (Å²) in [5.74, 6) is 3.00. The molecule has 2 aromatic heterocycles. The Bertz CT molecular complexity index is 853. The van der Waals surface area contributed by atoms with Gasteiger partial charge >= 0.3 is 0 Å². The molecule has 3 heterocycles. The van der Waals surface area contributed by atoms with Crippen molar-refractivity contribution < 1.29 is 5.11 Å². The van der Waals surface area contributed by atoms with Gasteiger partial charge in [-0.25, -0.2) is 9.98 Å². The maximum atomic E-state index is 10.2. The van der Waals surface area contributed by atoms with E-state index in [1.165, 1.54) is 25.7 Å². The second kappa shape index (κ2) is 5.19. The lowest BCUT2D eigenvalue weighted by atomic mass is 9.95. The lowest BCUT2D eigenvalue weighted by Crippen LogP contribution is -2.26. The summed E-state index contributed by atoms with van der Waals surface area (Å²) in [6, 6.07) is 4.34. The topological polar surface area (TPSA) is 86.2 Å². The molecule has 0 radical (unpaired) electrons. The fraction of sp³-hybridized carbons (Fsp3) is 0.389. The molecular formula is C18H19N5O. The number of H-pyrrole nitrogens is 1. The number of aromatic hydroxyl groups is 1. The van der Waals surface area contributed by atoms with Gasteiger partial charge in [0.25, 0.3) is 0 Å². The van der Waals surface area contributed by atoms with Crippen LogP contribution in [0.25, 0.3) is 11.6 Å². The van der Waals surface area contributed by atoms with Crippen molar-refractivity contribution in [3.63, 3.8) is 0 Å². The van der Waals surface area contributed by atoms with Gasteiger partial charge in [0, 0.05) is 29.6 Å². The highest BCUT2D eigenvalue weighted by molar-refractivity contribution is 6.20. The van der Waals surface area contributed by atoms with Crippen LogP contribution in [0.1, 0.15) is 36.9 Å². The van der Waals surface area contributed by atoms with E-state index in [2.05, 4.69) is 25.3 Å². The van der Waals surface area contributed by atoms with Gasteiger partial charge in [0.15, 0.2) is 5.82 Å². The number of fused-ring (bicyclic) bond motifs is 3. The summed E-state index contributed by atoms with van der Waals surface area (Å²) in [6.07, 6.45) is 10.6. The SMILES string of the molecule is Oc1nc(N[C@@H]2C[C@H]3CC[C@H]2C3)[nH]c1C=C1C=Nc2ncccc21. The van der Waals surface area contributed by atoms with Crippen molar-refractivity contribution in [2.45, 2.75) is 31.7 Å². The largest absolute Gasteiger partial charge is 0.492 e. The van der Waals surface area contributed by atoms with E-state index in [9.17, 15) is 5.11 Å². The monoisotopic (exact) mass is 321 g/mol. The quantitative estimate of drug-likeness (QED) is 0.809. The van der Waals surface area contributed by atoms with E-state index >= 15 is 0 Å². The molecule has 1 aliphatic heterocycles. The maximum Gasteiger partial charge on any atom is 0.238 e. The smallest absolute Gasteiger partial charge is 0.238 e. The van der Waals surface area contributed by atoms with Crippen LogP contribution in [0.3, 0.4) is 0 Å². The predicted octanol–water partition coefficient (Wildman–Crippen LogP) is 3.37. The number of hydrogen-bond acceptors (Lipinski definition) is 5. The third kappa shape index (κ3) is 2.21. The van der Waals surface area contributed by atoms with Crippen molar-refractivity contribution in [3.05, 3.63) is 29.6 Å². The molecule has 2 bridgehead atoms. The molecule has 0 spiro atoms. The predicted molar refractivity (Wildman–Crippen MR) is 93.4 cm³/mol. The molecule has 122 valence electrons. The summed E-state index contributed by atoms with van der Waals surface area (Å²) < 4.78 is 0. The third-order valence-corrected chi connectivity index (χ3v) is 5.50. The molecule has 0 unspecified atom stereocenters. The molecule has 3 aliphatic rings. The van der Waals surface area contributed by atoms with E-state index < -0.39 is 0 Å². The van der Waals surface area contributed by atoms with E-state index in [1.807, 2.05) is 18.2 Å². The Kier molecular flexibility index (Phi) is 2.98. The number of rotatable bonds is 3. The fourth-order valence-corrected chi connectivity index (χ4v) is 4.34. The summed E-state index contributed by atoms with van der Waals surface area (Å²) in [6.45, 7) is 0. The Morgan fingerprint density at radius 1 is 1.29 bits per heavy atom. The number of pyridine rings is 1. The zero-order chi connectivity index (χ0) is 16.1. The number of aliphatic imine (C=N–C) groups is 1. The lowest BCUT2D eigenvalue weighted by Gasteiger charge is -2.22. The summed E-state index contributed by atoms with van der Waals surface area (Å²) in [5, 5.41) is 13.6. The van der Waals surface area contributed by atoms with Crippen molar-refractivity contribution in [3.8, 4) is 5.88 Å². The fourth-order valence-electron chi connectivity index (χ4n) is 4.34. The van der Waals surface area contributed by atoms with E-state index in [4.69, 9.17) is 0 Å². The number of nitrogens with zero attached hydrogens (tertiary/aromatic N) is 3. The van der Waals surface area contributed by atoms with Crippen LogP contribution in [0.5, 0.6) is 5.88 Å². The Morgan fingerprint density at radius 3 is 3.08 bits per heavy atom. The highest BCUT2D eigenvalue weighted by Gasteiger charge is 2.39. The summed E-state index contributed by atoms with van der Waals surface area (Å²) in [5.41, 5.74) is 2.48. The summed E-state index contributed by atoms with van der Waals surface area (Å²) >= 11 is 0. The number of anilines is 1. The van der Waals surface area contributed by atoms with Gasteiger partial charge in [0.2, 0.25) is 11.8 Å². The first-order chi connectivity index (χ1) is 11.8. The number of aromatic amines is 1. The average Bonchev–Trinajstić information content (AvgIpc) is 3.34. The molecule has 3 atom stereocenters. The molecule has 5 rings (SSSR count). The first-order valence-electron chi connectivity index (χ1n) is 8.53. The van der Waals surface area contributed by atoms with E-state index in [0.29, 0.717) is 23.5 Å². The van der Waals surface area contributed by atoms with Crippen LogP contribution in [-0.4, -0.2) is 32.3 Å². The van der Waals surface area contributed by atoms with E-state index in [1.54, 1.807) is 12.4 Å². The number of imidazole rings is 1. The third-order valence-electron chi connectivity index (χ3n) is 5.50. The first-order valence-corrected chi connectivity index (χ1v) is 8.53. The molecule has 3 N–H and O–H groups in total. The minimum Gasteiger partial charge on any atom is -0.492 e. The second-order valence-electron chi connectivity index (χ2n) is 6.98. The molecule has 2 fully saturated rings. The molecule has 6 nitrogen and oxygen atoms in total. The molecule has 0 aromatic carbocycles. The zero-order valence-electron chi connectivity index (χ0n) is 13.2. The minimum atomic E-state index is 0.0129. The van der Waals surface area contributed by atoms with Gasteiger partial charge in [0.05, 0.1) is 0 Å². The Balaban J connectivity index is 1.39. The standard InChI is InChI=1S/C18H19N5O/c24-17-15(8-12-9-20-16-13(12)2-1-5-19-16)22-18(23-17)21-14-7-10-3-4-11(14)6-10/h1-2,5,8-11,14,24H,3-4,6-7H2,(H2,21,22,23)/t10-,11-,14+/m0/s1. The van der Waals surface area contributed by atoms with Gasteiger partial charge in [-0.2, -0.15) is 4.98 Å². The Hall–Kier alpha value is -2.63. The van der Waals surface area contributed by atoms with Gasteiger partial charge in [0.1, 0.15) is 5.69 Å². The van der Waals surface area contributed by atoms with Crippen molar-refractivity contribution in [2.24, 2.45) is 16.8 Å². The second-order valence-corrected chi connectivity index (χ2v) is 6.98. The van der Waals surface area contributed by atoms with E-state index in [-0.39, 0.29) is 5.88 Å². The van der Waals surface area contributed by atoms with Gasteiger partial charge in [-0.15, -0.1) is 0 Å². The molecule has 6 heteroatoms. The molecular weight excluding hydrogens is 302 g/mol. The van der Waals surface area contributed by atoms with Gasteiger partial charge in [-0.1, -0.05) is 6.42 Å². The molecule has 2 aromatic rings. The van der Waals surface area contributed by atoms with Crippen molar-refractivity contribution >= 4 is 29.6 Å². The van der Waals surface area contributed by atoms with Gasteiger partial charge in [-0.05, 0) is 49.3 Å². The van der Waals surface area contributed by atoms with Crippen LogP contribution in [0, 0.1) is 11.8 Å². The van der Waals surface area contributed by atoms with Crippen LogP contribution >= 0.6 is 0 Å².